The molecule has 34 heavy (non-hydrogen) atoms. The van der Waals surface area contributed by atoms with E-state index in [0.717, 1.165) is 11.3 Å². The van der Waals surface area contributed by atoms with E-state index >= 15 is 0 Å². The highest BCUT2D eigenvalue weighted by Gasteiger charge is 2.49. The predicted octanol–water partition coefficient (Wildman–Crippen LogP) is 4.68. The van der Waals surface area contributed by atoms with Gasteiger partial charge in [-0.2, -0.15) is 0 Å². The number of rotatable bonds is 3. The van der Waals surface area contributed by atoms with Crippen molar-refractivity contribution in [3.05, 3.63) is 88.6 Å². The zero-order valence-electron chi connectivity index (χ0n) is 18.9. The van der Waals surface area contributed by atoms with E-state index in [1.54, 1.807) is 42.6 Å². The molecule has 0 radical (unpaired) electrons. The molecule has 3 atom stereocenters. The van der Waals surface area contributed by atoms with Crippen LogP contribution in [0.4, 0.5) is 4.39 Å². The Balaban J connectivity index is 1.83. The van der Waals surface area contributed by atoms with Crippen molar-refractivity contribution >= 4 is 5.78 Å². The molecule has 0 unspecified atom stereocenters. The minimum absolute atomic E-state index is 0.0281. The first kappa shape index (κ1) is 22.1. The highest BCUT2D eigenvalue weighted by molar-refractivity contribution is 6.00. The zero-order valence-corrected chi connectivity index (χ0v) is 18.9. The average Bonchev–Trinajstić information content (AvgIpc) is 2.86. The Morgan fingerprint density at radius 1 is 1.26 bits per heavy atom. The lowest BCUT2D eigenvalue weighted by Crippen LogP contribution is -2.46. The van der Waals surface area contributed by atoms with E-state index in [0.29, 0.717) is 41.2 Å². The van der Waals surface area contributed by atoms with E-state index in [2.05, 4.69) is 9.83 Å². The van der Waals surface area contributed by atoms with Crippen molar-refractivity contribution in [2.24, 2.45) is 11.8 Å². The molecule has 2 aliphatic carbocycles. The van der Waals surface area contributed by atoms with Gasteiger partial charge in [0.05, 0.1) is 30.3 Å². The first-order valence-electron chi connectivity index (χ1n) is 11.2. The van der Waals surface area contributed by atoms with Crippen LogP contribution in [0.1, 0.15) is 37.2 Å². The monoisotopic (exact) mass is 454 g/mol. The lowest BCUT2D eigenvalue weighted by molar-refractivity contribution is -0.121. The Labute approximate surface area is 197 Å². The van der Waals surface area contributed by atoms with E-state index in [9.17, 15) is 14.3 Å². The van der Waals surface area contributed by atoms with E-state index in [-0.39, 0.29) is 35.7 Å². The van der Waals surface area contributed by atoms with Crippen LogP contribution < -0.4 is 0 Å². The second kappa shape index (κ2) is 8.23. The Hall–Kier alpha value is -3.76. The van der Waals surface area contributed by atoms with Crippen LogP contribution in [-0.4, -0.2) is 25.8 Å². The quantitative estimate of drug-likeness (QED) is 0.582. The van der Waals surface area contributed by atoms with Gasteiger partial charge in [0, 0.05) is 34.2 Å². The first-order valence-corrected chi connectivity index (χ1v) is 11.2. The van der Waals surface area contributed by atoms with Gasteiger partial charge in [0.25, 0.3) is 0 Å². The van der Waals surface area contributed by atoms with Crippen molar-refractivity contribution < 1.29 is 14.3 Å². The molecular formula is C27H23FN4O2. The topological polar surface area (TPSA) is 80.3 Å². The van der Waals surface area contributed by atoms with Gasteiger partial charge in [-0.15, -0.1) is 0 Å². The maximum Gasteiger partial charge on any atom is 0.226 e. The molecule has 0 saturated carbocycles. The summed E-state index contributed by atoms with van der Waals surface area (Å²) in [5, 5.41) is 9.55. The van der Waals surface area contributed by atoms with E-state index in [1.807, 2.05) is 13.8 Å². The van der Waals surface area contributed by atoms with E-state index in [1.165, 1.54) is 6.07 Å². The third-order valence-electron chi connectivity index (χ3n) is 7.19. The summed E-state index contributed by atoms with van der Waals surface area (Å²) in [6.45, 7) is 11.2. The number of nitrogens with zero attached hydrogens (tertiary/aromatic N) is 4. The minimum atomic E-state index is -0.675. The Morgan fingerprint density at radius 2 is 2.06 bits per heavy atom. The van der Waals surface area contributed by atoms with Crippen LogP contribution in [0.2, 0.25) is 0 Å². The smallest absolute Gasteiger partial charge is 0.226 e. The van der Waals surface area contributed by atoms with Crippen LogP contribution in [0.5, 0.6) is 0 Å². The molecule has 0 bridgehead atoms. The molecule has 5 rings (SSSR count). The molecule has 2 aliphatic rings. The van der Waals surface area contributed by atoms with Crippen molar-refractivity contribution in [1.29, 1.82) is 0 Å². The number of hydrogen-bond donors (Lipinski definition) is 1. The number of benzene rings is 1. The summed E-state index contributed by atoms with van der Waals surface area (Å²) in [7, 11) is 0. The lowest BCUT2D eigenvalue weighted by Gasteiger charge is -2.46. The standard InChI is InChI=1S/C27H23FN4O2/c1-15-20-9-8-19-23(18-6-4-5-7-21(18)28)31-26(16-10-11-30-17(12-16)14-33)32-25(19)27(20,2)13-22(29-3)24(15)34/h4-7,10-13,15,20,33H,8-9,14H2,1-2H3/t15-,20-,27-/m1/s1. The number of carbonyl (C=O) groups excluding carboxylic acids is 1. The van der Waals surface area contributed by atoms with Gasteiger partial charge in [0.15, 0.2) is 11.6 Å². The van der Waals surface area contributed by atoms with Crippen LogP contribution in [0, 0.1) is 24.2 Å². The number of allylic oxidation sites excluding steroid dienone is 2. The van der Waals surface area contributed by atoms with Gasteiger partial charge in [0.1, 0.15) is 5.82 Å². The molecule has 7 heteroatoms. The molecule has 0 saturated heterocycles. The second-order valence-corrected chi connectivity index (χ2v) is 9.12. The van der Waals surface area contributed by atoms with Crippen molar-refractivity contribution in [3.8, 4) is 22.6 Å². The molecule has 0 fully saturated rings. The van der Waals surface area contributed by atoms with Crippen LogP contribution in [0.3, 0.4) is 0 Å². The highest BCUT2D eigenvalue weighted by atomic mass is 19.1. The van der Waals surface area contributed by atoms with Gasteiger partial charge in [-0.25, -0.2) is 19.2 Å². The molecular weight excluding hydrogens is 431 g/mol. The summed E-state index contributed by atoms with van der Waals surface area (Å²) in [4.78, 5) is 30.2. The molecule has 3 aromatic rings. The number of aliphatic hydroxyl groups excluding tert-OH is 1. The maximum absolute atomic E-state index is 15.0. The number of aromatic nitrogens is 3. The third kappa shape index (κ3) is 3.34. The average molecular weight is 455 g/mol. The van der Waals surface area contributed by atoms with Crippen molar-refractivity contribution in [3.63, 3.8) is 0 Å². The SMILES string of the molecule is [C-]#[N+]C1=C[C@@]2(C)c3nc(-c4ccnc(CO)c4)nc(-c4ccccc4F)c3CC[C@@H]2[C@@H](C)C1=O. The van der Waals surface area contributed by atoms with Crippen molar-refractivity contribution in [1.82, 2.24) is 15.0 Å². The number of hydrogen-bond acceptors (Lipinski definition) is 5. The number of halogens is 1. The van der Waals surface area contributed by atoms with Gasteiger partial charge in [-0.1, -0.05) is 32.1 Å². The van der Waals surface area contributed by atoms with Gasteiger partial charge >= 0.3 is 0 Å². The number of carbonyl (C=O) groups is 1. The molecule has 6 nitrogen and oxygen atoms in total. The summed E-state index contributed by atoms with van der Waals surface area (Å²) >= 11 is 0. The number of ketones is 1. The zero-order chi connectivity index (χ0) is 24.0. The van der Waals surface area contributed by atoms with Gasteiger partial charge in [-0.3, -0.25) is 4.98 Å². The summed E-state index contributed by atoms with van der Waals surface area (Å²) < 4.78 is 15.0. The normalized spacial score (nSPS) is 23.5. The lowest BCUT2D eigenvalue weighted by atomic mass is 9.58. The number of pyridine rings is 1. The second-order valence-electron chi connectivity index (χ2n) is 9.12. The molecule has 1 aromatic carbocycles. The maximum atomic E-state index is 15.0. The number of aliphatic hydroxyl groups is 1. The van der Waals surface area contributed by atoms with Gasteiger partial charge in [0.2, 0.25) is 5.70 Å². The highest BCUT2D eigenvalue weighted by Crippen LogP contribution is 2.51. The fraction of sp³-hybridized carbons (Fsp3) is 0.296. The van der Waals surface area contributed by atoms with E-state index < -0.39 is 5.41 Å². The number of Topliss-reactive ketones (excluding diaryl/α,β-unsaturated/α-hetero) is 1. The summed E-state index contributed by atoms with van der Waals surface area (Å²) in [6, 6.07) is 9.99. The van der Waals surface area contributed by atoms with Gasteiger partial charge < -0.3 is 9.90 Å². The van der Waals surface area contributed by atoms with Crippen LogP contribution in [0.15, 0.2) is 54.4 Å². The third-order valence-corrected chi connectivity index (χ3v) is 7.19. The van der Waals surface area contributed by atoms with Crippen molar-refractivity contribution in [2.45, 2.75) is 38.7 Å². The van der Waals surface area contributed by atoms with Crippen molar-refractivity contribution in [2.75, 3.05) is 0 Å². The molecule has 0 spiro atoms. The molecule has 2 heterocycles. The van der Waals surface area contributed by atoms with Crippen LogP contribution >= 0.6 is 0 Å². The largest absolute Gasteiger partial charge is 0.390 e. The molecule has 0 aliphatic heterocycles. The van der Waals surface area contributed by atoms with Crippen LogP contribution in [-0.2, 0) is 23.2 Å². The van der Waals surface area contributed by atoms with Crippen LogP contribution in [0.25, 0.3) is 27.5 Å². The molecule has 1 N–H and O–H groups in total. The first-order chi connectivity index (χ1) is 16.4. The fourth-order valence-corrected chi connectivity index (χ4v) is 5.45. The summed E-state index contributed by atoms with van der Waals surface area (Å²) in [5.74, 6) is -0.467. The summed E-state index contributed by atoms with van der Waals surface area (Å²) in [5.41, 5.74) is 3.03. The van der Waals surface area contributed by atoms with Gasteiger partial charge in [-0.05, 0) is 43.0 Å². The molecule has 170 valence electrons. The predicted molar refractivity (Wildman–Crippen MR) is 125 cm³/mol. The Kier molecular flexibility index (Phi) is 5.34. The fourth-order valence-electron chi connectivity index (χ4n) is 5.45. The minimum Gasteiger partial charge on any atom is -0.390 e. The Bertz CT molecular complexity index is 1390. The summed E-state index contributed by atoms with van der Waals surface area (Å²) in [6.07, 6.45) is 4.65. The number of fused-ring (bicyclic) bond motifs is 3. The van der Waals surface area contributed by atoms with E-state index in [4.69, 9.17) is 16.5 Å². The Morgan fingerprint density at radius 3 is 2.79 bits per heavy atom. The molecule has 2 aromatic heterocycles. The molecule has 0 amide bonds.